The second-order valence-corrected chi connectivity index (χ2v) is 15.1. The Hall–Kier alpha value is -6.91. The monoisotopic (exact) mass is 846 g/mol. The molecule has 1 heterocycles. The molecule has 17 heteroatoms. The maximum absolute atomic E-state index is 13.8. The highest BCUT2D eigenvalue weighted by Gasteiger charge is 2.41. The van der Waals surface area contributed by atoms with Crippen LogP contribution in [0.15, 0.2) is 103 Å². The van der Waals surface area contributed by atoms with Crippen molar-refractivity contribution in [2.45, 2.75) is 75.3 Å². The summed E-state index contributed by atoms with van der Waals surface area (Å²) >= 11 is 0. The molecular weight excluding hydrogens is 801 g/mol. The lowest BCUT2D eigenvalue weighted by atomic mass is 9.98. The number of ether oxygens (including phenoxy) is 1. The van der Waals surface area contributed by atoms with Crippen molar-refractivity contribution in [1.82, 2.24) is 20.9 Å². The first kappa shape index (κ1) is 45.2. The number of aromatic hydroxyl groups is 1. The number of rotatable bonds is 13. The molecule has 14 nitrogen and oxygen atoms in total. The second kappa shape index (κ2) is 19.4. The number of benzene rings is 4. The predicted octanol–water partition coefficient (Wildman–Crippen LogP) is 5.17. The molecule has 1 saturated heterocycles. The van der Waals surface area contributed by atoms with Crippen LogP contribution < -0.4 is 16.0 Å². The summed E-state index contributed by atoms with van der Waals surface area (Å²) in [6, 6.07) is 27.6. The van der Waals surface area contributed by atoms with E-state index in [1.807, 2.05) is 42.5 Å². The topological polar surface area (TPSA) is 212 Å². The molecule has 0 saturated carbocycles. The number of phenolic OH excluding ortho intramolecular Hbond substituents is 1. The highest BCUT2D eigenvalue weighted by molar-refractivity contribution is 5.97. The zero-order chi connectivity index (χ0) is 44.5. The number of nitrogens with one attached hydrogen (secondary N) is 3. The molecule has 6 N–H and O–H groups in total. The van der Waals surface area contributed by atoms with Gasteiger partial charge in [0.25, 0.3) is 0 Å². The van der Waals surface area contributed by atoms with Gasteiger partial charge in [-0.15, -0.1) is 0 Å². The lowest BCUT2D eigenvalue weighted by molar-refractivity contribution is -0.192. The lowest BCUT2D eigenvalue weighted by Gasteiger charge is -2.31. The number of carboxylic acids is 2. The maximum atomic E-state index is 13.8. The summed E-state index contributed by atoms with van der Waals surface area (Å²) in [7, 11) is 0. The van der Waals surface area contributed by atoms with E-state index < -0.39 is 65.6 Å². The van der Waals surface area contributed by atoms with E-state index in [4.69, 9.17) is 14.6 Å². The number of aliphatic carboxylic acids is 2. The van der Waals surface area contributed by atoms with Gasteiger partial charge in [-0.1, -0.05) is 91.0 Å². The number of fused-ring (bicyclic) bond motifs is 3. The largest absolute Gasteiger partial charge is 0.508 e. The summed E-state index contributed by atoms with van der Waals surface area (Å²) in [5.41, 5.74) is 4.12. The van der Waals surface area contributed by atoms with Crippen molar-refractivity contribution in [3.63, 3.8) is 0 Å². The van der Waals surface area contributed by atoms with Gasteiger partial charge >= 0.3 is 24.2 Å². The Morgan fingerprint density at radius 1 is 0.754 bits per heavy atom. The third-order valence-corrected chi connectivity index (χ3v) is 10.3. The highest BCUT2D eigenvalue weighted by atomic mass is 19.4. The number of carboxylic acid groups (broad SMARTS) is 2. The molecule has 0 spiro atoms. The van der Waals surface area contributed by atoms with Crippen LogP contribution >= 0.6 is 0 Å². The quantitative estimate of drug-likeness (QED) is 0.104. The zero-order valence-electron chi connectivity index (χ0n) is 33.1. The normalized spacial score (nSPS) is 15.5. The first-order valence-corrected chi connectivity index (χ1v) is 19.3. The summed E-state index contributed by atoms with van der Waals surface area (Å²) < 4.78 is 37.6. The van der Waals surface area contributed by atoms with Crippen molar-refractivity contribution in [3.8, 4) is 16.9 Å². The summed E-state index contributed by atoms with van der Waals surface area (Å²) in [5, 5.41) is 34.7. The molecule has 1 fully saturated rings. The fraction of sp³-hybridized carbons (Fsp3) is 0.318. The fourth-order valence-electron chi connectivity index (χ4n) is 7.12. The number of halogens is 3. The van der Waals surface area contributed by atoms with Gasteiger partial charge in [0, 0.05) is 25.3 Å². The number of likely N-dealkylation sites (tertiary alicyclic amines) is 1. The van der Waals surface area contributed by atoms with E-state index in [1.165, 1.54) is 30.9 Å². The molecule has 3 atom stereocenters. The molecule has 322 valence electrons. The number of phenols is 1. The van der Waals surface area contributed by atoms with Crippen LogP contribution in [0.2, 0.25) is 0 Å². The van der Waals surface area contributed by atoms with Crippen molar-refractivity contribution < 1.29 is 62.0 Å². The van der Waals surface area contributed by atoms with E-state index in [2.05, 4.69) is 28.1 Å². The standard InChI is InChI=1S/C42H44N4O8.C2HF3O2/c1-42(2,40(52)44-34(23-26-11-4-3-5-12-26)37(48)43-35(39(50)51)24-27-18-20-28(47)21-19-27)45-38(49)36-17-10-22-46(36)41(53)54-25-33-31-15-8-6-13-29(31)30-14-7-9-16-32(30)33;3-2(4,5)1(6)7/h3-9,11-16,18-21,33-36,47H,10,17,22-25H2,1-2H3,(H,43,48)(H,44,52)(H,45,49)(H,50,51);(H,6,7)/t34-,35-,36-;/m0./s1. The minimum atomic E-state index is -5.08. The minimum absolute atomic E-state index is 0.0212. The van der Waals surface area contributed by atoms with Gasteiger partial charge in [-0.2, -0.15) is 13.2 Å². The number of hydrogen-bond donors (Lipinski definition) is 6. The average molecular weight is 847 g/mol. The Labute approximate surface area is 348 Å². The van der Waals surface area contributed by atoms with E-state index in [0.29, 0.717) is 24.9 Å². The average Bonchev–Trinajstić information content (AvgIpc) is 3.84. The lowest BCUT2D eigenvalue weighted by Crippen LogP contribution is -2.62. The van der Waals surface area contributed by atoms with Gasteiger partial charge < -0.3 is 36.0 Å². The van der Waals surface area contributed by atoms with E-state index in [1.54, 1.807) is 36.4 Å². The fourth-order valence-corrected chi connectivity index (χ4v) is 7.12. The summed E-state index contributed by atoms with van der Waals surface area (Å²) in [4.78, 5) is 77.0. The Bertz CT molecular complexity index is 2190. The van der Waals surface area contributed by atoms with Crippen molar-refractivity contribution >= 4 is 35.8 Å². The highest BCUT2D eigenvalue weighted by Crippen LogP contribution is 2.44. The summed E-state index contributed by atoms with van der Waals surface area (Å²) in [6.45, 7) is 3.41. The molecule has 6 rings (SSSR count). The van der Waals surface area contributed by atoms with Crippen LogP contribution in [0.4, 0.5) is 18.0 Å². The number of amides is 4. The molecule has 0 bridgehead atoms. The van der Waals surface area contributed by atoms with Crippen molar-refractivity contribution in [2.24, 2.45) is 0 Å². The molecule has 4 aromatic rings. The Morgan fingerprint density at radius 2 is 1.28 bits per heavy atom. The molecule has 1 aliphatic carbocycles. The molecule has 0 unspecified atom stereocenters. The van der Waals surface area contributed by atoms with E-state index >= 15 is 0 Å². The van der Waals surface area contributed by atoms with Crippen LogP contribution in [0, 0.1) is 0 Å². The van der Waals surface area contributed by atoms with Gasteiger partial charge in [0.2, 0.25) is 17.7 Å². The van der Waals surface area contributed by atoms with Crippen LogP contribution in [0.1, 0.15) is 54.9 Å². The first-order valence-electron chi connectivity index (χ1n) is 19.3. The smallest absolute Gasteiger partial charge is 0.490 e. The molecular formula is C44H45F3N4O10. The summed E-state index contributed by atoms with van der Waals surface area (Å²) in [5.74, 6) is -6.09. The number of carbonyl (C=O) groups excluding carboxylic acids is 4. The van der Waals surface area contributed by atoms with Gasteiger partial charge in [0.1, 0.15) is 36.0 Å². The van der Waals surface area contributed by atoms with E-state index in [0.717, 1.165) is 27.8 Å². The van der Waals surface area contributed by atoms with Crippen LogP contribution in [0.5, 0.6) is 5.75 Å². The number of carbonyl (C=O) groups is 6. The van der Waals surface area contributed by atoms with Gasteiger partial charge in [0.05, 0.1) is 0 Å². The molecule has 4 amide bonds. The molecule has 61 heavy (non-hydrogen) atoms. The molecule has 2 aliphatic rings. The SMILES string of the molecule is CC(C)(NC(=O)[C@@H]1CCCN1C(=O)OCC1c2ccccc2-c2ccccc21)C(=O)N[C@@H](Cc1ccccc1)C(=O)N[C@@H](Cc1ccc(O)cc1)C(=O)O.O=C(O)C(F)(F)F. The van der Waals surface area contributed by atoms with Gasteiger partial charge in [0.15, 0.2) is 0 Å². The van der Waals surface area contributed by atoms with E-state index in [-0.39, 0.29) is 31.1 Å². The zero-order valence-corrected chi connectivity index (χ0v) is 33.1. The molecule has 4 aromatic carbocycles. The van der Waals surface area contributed by atoms with Crippen LogP contribution in [-0.4, -0.2) is 99.0 Å². The van der Waals surface area contributed by atoms with Crippen LogP contribution in [0.3, 0.4) is 0 Å². The van der Waals surface area contributed by atoms with Crippen LogP contribution in [0.25, 0.3) is 11.1 Å². The Morgan fingerprint density at radius 3 is 1.84 bits per heavy atom. The number of nitrogens with zero attached hydrogens (tertiary/aromatic N) is 1. The maximum Gasteiger partial charge on any atom is 0.490 e. The van der Waals surface area contributed by atoms with Gasteiger partial charge in [-0.05, 0) is 72.2 Å². The van der Waals surface area contributed by atoms with Gasteiger partial charge in [-0.25, -0.2) is 14.4 Å². The third-order valence-electron chi connectivity index (χ3n) is 10.3. The minimum Gasteiger partial charge on any atom is -0.508 e. The first-order chi connectivity index (χ1) is 28.9. The number of alkyl halides is 3. The molecule has 1 aliphatic heterocycles. The molecule has 0 aromatic heterocycles. The predicted molar refractivity (Wildman–Crippen MR) is 214 cm³/mol. The number of hydrogen-bond acceptors (Lipinski definition) is 8. The van der Waals surface area contributed by atoms with Crippen molar-refractivity contribution in [1.29, 1.82) is 0 Å². The van der Waals surface area contributed by atoms with Crippen molar-refractivity contribution in [3.05, 3.63) is 125 Å². The Kier molecular flexibility index (Phi) is 14.4. The third kappa shape index (κ3) is 11.6. The molecule has 0 radical (unpaired) electrons. The summed E-state index contributed by atoms with van der Waals surface area (Å²) in [6.07, 6.45) is -4.76. The van der Waals surface area contributed by atoms with Crippen LogP contribution in [-0.2, 0) is 41.6 Å². The van der Waals surface area contributed by atoms with Crippen molar-refractivity contribution in [2.75, 3.05) is 13.2 Å². The van der Waals surface area contributed by atoms with E-state index in [9.17, 15) is 47.4 Å². The van der Waals surface area contributed by atoms with Gasteiger partial charge in [-0.3, -0.25) is 19.3 Å². The Balaban J connectivity index is 0.000000925. The second-order valence-electron chi connectivity index (χ2n) is 15.1.